The van der Waals surface area contributed by atoms with Crippen molar-refractivity contribution in [3.05, 3.63) is 69.5 Å². The molecule has 0 atom stereocenters. The molecule has 2 aromatic rings. The molecule has 0 spiro atoms. The zero-order valence-corrected chi connectivity index (χ0v) is 14.5. The van der Waals surface area contributed by atoms with Crippen molar-refractivity contribution in [3.63, 3.8) is 0 Å². The molecule has 0 aliphatic rings. The van der Waals surface area contributed by atoms with Gasteiger partial charge in [0.15, 0.2) is 0 Å². The molecular weight excluding hydrogens is 343 g/mol. The Morgan fingerprint density at radius 2 is 2.16 bits per heavy atom. The summed E-state index contributed by atoms with van der Waals surface area (Å²) in [5, 5.41) is 12.0. The largest absolute Gasteiger partial charge is 0.497 e. The van der Waals surface area contributed by atoms with E-state index in [4.69, 9.17) is 16.3 Å². The summed E-state index contributed by atoms with van der Waals surface area (Å²) in [6.07, 6.45) is 1.16. The van der Waals surface area contributed by atoms with Crippen molar-refractivity contribution < 1.29 is 13.9 Å². The van der Waals surface area contributed by atoms with E-state index < -0.39 is 11.7 Å². The summed E-state index contributed by atoms with van der Waals surface area (Å²) in [5.41, 5.74) is 0.985. The van der Waals surface area contributed by atoms with Gasteiger partial charge in [0.2, 0.25) is 0 Å². The van der Waals surface area contributed by atoms with Gasteiger partial charge in [-0.2, -0.15) is 5.26 Å². The number of nitrogens with zero attached hydrogens (tertiary/aromatic N) is 1. The lowest BCUT2D eigenvalue weighted by atomic mass is 10.1. The second-order valence-corrected chi connectivity index (χ2v) is 5.70. The molecule has 128 valence electrons. The van der Waals surface area contributed by atoms with Gasteiger partial charge in [0.05, 0.1) is 12.1 Å². The Morgan fingerprint density at radius 3 is 2.84 bits per heavy atom. The Bertz CT molecular complexity index is 872. The number of benzene rings is 2. The second kappa shape index (κ2) is 8.32. The van der Waals surface area contributed by atoms with Gasteiger partial charge in [-0.1, -0.05) is 29.8 Å². The molecule has 1 N–H and O–H groups in total. The minimum absolute atomic E-state index is 0.0229. The van der Waals surface area contributed by atoms with Crippen LogP contribution in [0.15, 0.2) is 42.0 Å². The summed E-state index contributed by atoms with van der Waals surface area (Å²) in [7, 11) is 1.55. The lowest BCUT2D eigenvalue weighted by Crippen LogP contribution is -2.24. The lowest BCUT2D eigenvalue weighted by molar-refractivity contribution is -0.117. The third-order valence-corrected chi connectivity index (χ3v) is 3.89. The van der Waals surface area contributed by atoms with Gasteiger partial charge in [-0.15, -0.1) is 0 Å². The average molecular weight is 359 g/mol. The monoisotopic (exact) mass is 358 g/mol. The number of rotatable bonds is 5. The van der Waals surface area contributed by atoms with Crippen molar-refractivity contribution in [1.82, 2.24) is 5.32 Å². The number of carbonyl (C=O) groups is 1. The molecule has 0 aromatic heterocycles. The molecule has 0 aliphatic carbocycles. The van der Waals surface area contributed by atoms with E-state index in [1.54, 1.807) is 38.3 Å². The minimum atomic E-state index is -0.609. The molecule has 4 nitrogen and oxygen atoms in total. The molecule has 0 heterocycles. The van der Waals surface area contributed by atoms with Crippen molar-refractivity contribution in [3.8, 4) is 11.8 Å². The summed E-state index contributed by atoms with van der Waals surface area (Å²) in [4.78, 5) is 12.2. The van der Waals surface area contributed by atoms with Gasteiger partial charge >= 0.3 is 0 Å². The number of methoxy groups -OCH3 is 1. The Kier molecular flexibility index (Phi) is 6.15. The number of nitrogens with one attached hydrogen (secondary N) is 1. The van der Waals surface area contributed by atoms with E-state index in [0.717, 1.165) is 11.6 Å². The summed E-state index contributed by atoms with van der Waals surface area (Å²) in [5.74, 6) is -0.500. The maximum atomic E-state index is 14.2. The van der Waals surface area contributed by atoms with Crippen molar-refractivity contribution in [2.24, 2.45) is 0 Å². The molecule has 0 bridgehead atoms. The third kappa shape index (κ3) is 4.59. The van der Waals surface area contributed by atoms with Crippen LogP contribution in [-0.4, -0.2) is 13.0 Å². The number of amides is 1. The molecule has 2 rings (SSSR count). The van der Waals surface area contributed by atoms with Crippen LogP contribution in [0.5, 0.6) is 5.75 Å². The van der Waals surface area contributed by atoms with Crippen LogP contribution in [0.25, 0.3) is 6.08 Å². The molecule has 0 fully saturated rings. The number of ether oxygens (including phenoxy) is 1. The van der Waals surface area contributed by atoms with Gasteiger partial charge in [0.25, 0.3) is 5.91 Å². The molecule has 0 unspecified atom stereocenters. The molecule has 25 heavy (non-hydrogen) atoms. The van der Waals surface area contributed by atoms with Crippen LogP contribution in [0.1, 0.15) is 16.7 Å². The predicted octanol–water partition coefficient (Wildman–Crippen LogP) is 4.02. The highest BCUT2D eigenvalue weighted by Gasteiger charge is 2.14. The van der Waals surface area contributed by atoms with Crippen molar-refractivity contribution >= 4 is 23.6 Å². The van der Waals surface area contributed by atoms with Crippen LogP contribution in [-0.2, 0) is 11.3 Å². The Labute approximate surface area is 150 Å². The molecular formula is C19H16ClFN2O2. The number of aryl methyl sites for hydroxylation is 1. The van der Waals surface area contributed by atoms with E-state index in [1.165, 1.54) is 12.1 Å². The van der Waals surface area contributed by atoms with Crippen LogP contribution >= 0.6 is 11.6 Å². The van der Waals surface area contributed by atoms with E-state index in [0.29, 0.717) is 11.3 Å². The molecule has 0 aliphatic heterocycles. The molecule has 0 saturated heterocycles. The predicted molar refractivity (Wildman–Crippen MR) is 94.6 cm³/mol. The van der Waals surface area contributed by atoms with Gasteiger partial charge in [0.1, 0.15) is 23.2 Å². The summed E-state index contributed by atoms with van der Waals surface area (Å²) in [6.45, 7) is 1.79. The number of hydrogen-bond donors (Lipinski definition) is 1. The lowest BCUT2D eigenvalue weighted by Gasteiger charge is -2.07. The Balaban J connectivity index is 2.19. The highest BCUT2D eigenvalue weighted by atomic mass is 35.5. The van der Waals surface area contributed by atoms with Gasteiger partial charge in [-0.25, -0.2) is 4.39 Å². The smallest absolute Gasteiger partial charge is 0.262 e. The fourth-order valence-corrected chi connectivity index (χ4v) is 2.36. The van der Waals surface area contributed by atoms with Crippen molar-refractivity contribution in [1.29, 1.82) is 5.26 Å². The second-order valence-electron chi connectivity index (χ2n) is 5.30. The summed E-state index contributed by atoms with van der Waals surface area (Å²) in [6, 6.07) is 12.0. The zero-order valence-electron chi connectivity index (χ0n) is 13.8. The first-order chi connectivity index (χ1) is 12.0. The van der Waals surface area contributed by atoms with Crippen LogP contribution in [0.2, 0.25) is 5.02 Å². The Morgan fingerprint density at radius 1 is 1.40 bits per heavy atom. The number of halogens is 2. The fraction of sp³-hybridized carbons (Fsp3) is 0.158. The van der Waals surface area contributed by atoms with Crippen LogP contribution in [0.4, 0.5) is 4.39 Å². The average Bonchev–Trinajstić information content (AvgIpc) is 2.63. The van der Waals surface area contributed by atoms with Gasteiger partial charge in [-0.3, -0.25) is 4.79 Å². The maximum Gasteiger partial charge on any atom is 0.262 e. The first-order valence-corrected chi connectivity index (χ1v) is 7.81. The number of nitriles is 1. The number of hydrogen-bond acceptors (Lipinski definition) is 3. The van der Waals surface area contributed by atoms with Gasteiger partial charge in [0, 0.05) is 12.1 Å². The normalized spacial score (nSPS) is 10.9. The molecule has 2 aromatic carbocycles. The quantitative estimate of drug-likeness (QED) is 0.648. The van der Waals surface area contributed by atoms with E-state index in [2.05, 4.69) is 5.32 Å². The highest BCUT2D eigenvalue weighted by molar-refractivity contribution is 6.32. The van der Waals surface area contributed by atoms with E-state index in [1.807, 2.05) is 6.07 Å². The van der Waals surface area contributed by atoms with Gasteiger partial charge in [-0.05, 0) is 42.3 Å². The van der Waals surface area contributed by atoms with E-state index in [-0.39, 0.29) is 22.7 Å². The number of carbonyl (C=O) groups excluding carboxylic acids is 1. The summed E-state index contributed by atoms with van der Waals surface area (Å²) >= 11 is 5.97. The Hall–Kier alpha value is -2.84. The first-order valence-electron chi connectivity index (χ1n) is 7.43. The first kappa shape index (κ1) is 18.5. The van der Waals surface area contributed by atoms with Crippen molar-refractivity contribution in [2.45, 2.75) is 13.5 Å². The van der Waals surface area contributed by atoms with E-state index >= 15 is 0 Å². The highest BCUT2D eigenvalue weighted by Crippen LogP contribution is 2.24. The fourth-order valence-electron chi connectivity index (χ4n) is 2.16. The zero-order chi connectivity index (χ0) is 18.4. The maximum absolute atomic E-state index is 14.2. The van der Waals surface area contributed by atoms with E-state index in [9.17, 15) is 14.4 Å². The molecule has 6 heteroatoms. The summed E-state index contributed by atoms with van der Waals surface area (Å²) < 4.78 is 19.3. The molecule has 1 amide bonds. The van der Waals surface area contributed by atoms with Crippen LogP contribution in [0, 0.1) is 24.1 Å². The van der Waals surface area contributed by atoms with Crippen molar-refractivity contribution in [2.75, 3.05) is 7.11 Å². The van der Waals surface area contributed by atoms with Crippen LogP contribution in [0.3, 0.4) is 0 Å². The molecule has 0 saturated carbocycles. The third-order valence-electron chi connectivity index (χ3n) is 3.56. The SMILES string of the molecule is COc1cccc(CNC(=O)C(C#N)=Cc2c(Cl)ccc(C)c2F)c1. The minimum Gasteiger partial charge on any atom is -0.497 e. The van der Waals surface area contributed by atoms with Gasteiger partial charge < -0.3 is 10.1 Å². The standard InChI is InChI=1S/C19H16ClFN2O2/c1-12-6-7-17(20)16(18(12)21)9-14(10-22)19(24)23-11-13-4-3-5-15(8-13)25-2/h3-9H,11H2,1-2H3,(H,23,24). The van der Waals surface area contributed by atoms with Crippen LogP contribution < -0.4 is 10.1 Å². The molecule has 0 radical (unpaired) electrons. The topological polar surface area (TPSA) is 62.1 Å².